The molecule has 0 spiro atoms. The number of hydrogen-bond acceptors (Lipinski definition) is 4. The van der Waals surface area contributed by atoms with Gasteiger partial charge in [0.15, 0.2) is 0 Å². The van der Waals surface area contributed by atoms with Gasteiger partial charge in [0, 0.05) is 23.0 Å². The topological polar surface area (TPSA) is 0 Å². The van der Waals surface area contributed by atoms with E-state index in [0.29, 0.717) is 0 Å². The van der Waals surface area contributed by atoms with Crippen LogP contribution in [0.1, 0.15) is 58.8 Å². The largest absolute Gasteiger partial charge is 0.0942 e. The SMILES string of the molecule is CCCCCSSCCCSSCCCCC. The molecular weight excluding hydrogens is 284 g/mol. The summed E-state index contributed by atoms with van der Waals surface area (Å²) >= 11 is 0. The average Bonchev–Trinajstić information content (AvgIpc) is 2.35. The molecule has 0 aliphatic carbocycles. The molecule has 0 radical (unpaired) electrons. The van der Waals surface area contributed by atoms with Gasteiger partial charge in [-0.05, 0) is 19.3 Å². The fourth-order valence-electron chi connectivity index (χ4n) is 1.23. The quantitative estimate of drug-likeness (QED) is 0.264. The van der Waals surface area contributed by atoms with Crippen LogP contribution in [0.4, 0.5) is 0 Å². The van der Waals surface area contributed by atoms with Crippen molar-refractivity contribution in [2.45, 2.75) is 58.8 Å². The van der Waals surface area contributed by atoms with Crippen molar-refractivity contribution in [3.8, 4) is 0 Å². The van der Waals surface area contributed by atoms with Crippen molar-refractivity contribution in [1.82, 2.24) is 0 Å². The first-order valence-electron chi connectivity index (χ1n) is 6.90. The third-order valence-electron chi connectivity index (χ3n) is 2.28. The lowest BCUT2D eigenvalue weighted by atomic mass is 10.3. The molecule has 0 saturated carbocycles. The molecule has 0 bridgehead atoms. The number of unbranched alkanes of at least 4 members (excludes halogenated alkanes) is 4. The summed E-state index contributed by atoms with van der Waals surface area (Å²) in [5, 5.41) is 0. The molecule has 0 unspecified atom stereocenters. The summed E-state index contributed by atoms with van der Waals surface area (Å²) in [4.78, 5) is 0. The van der Waals surface area contributed by atoms with Crippen LogP contribution in [0.25, 0.3) is 0 Å². The van der Waals surface area contributed by atoms with Gasteiger partial charge in [-0.1, -0.05) is 82.7 Å². The van der Waals surface area contributed by atoms with Gasteiger partial charge < -0.3 is 0 Å². The lowest BCUT2D eigenvalue weighted by Gasteiger charge is -2.01. The van der Waals surface area contributed by atoms with Gasteiger partial charge in [0.25, 0.3) is 0 Å². The smallest absolute Gasteiger partial charge is 0.00450 e. The van der Waals surface area contributed by atoms with Crippen molar-refractivity contribution in [1.29, 1.82) is 0 Å². The second-order valence-corrected chi connectivity index (χ2v) is 9.46. The third-order valence-corrected chi connectivity index (χ3v) is 7.44. The van der Waals surface area contributed by atoms with E-state index in [9.17, 15) is 0 Å². The lowest BCUT2D eigenvalue weighted by Crippen LogP contribution is -1.83. The van der Waals surface area contributed by atoms with E-state index in [1.807, 2.05) is 0 Å². The van der Waals surface area contributed by atoms with E-state index in [4.69, 9.17) is 0 Å². The molecule has 0 aliphatic rings. The highest BCUT2D eigenvalue weighted by Gasteiger charge is 1.94. The molecule has 0 heterocycles. The van der Waals surface area contributed by atoms with Crippen LogP contribution in [0.3, 0.4) is 0 Å². The number of rotatable bonds is 14. The van der Waals surface area contributed by atoms with Gasteiger partial charge in [-0.25, -0.2) is 0 Å². The molecule has 0 N–H and O–H groups in total. The zero-order valence-corrected chi connectivity index (χ0v) is 14.7. The van der Waals surface area contributed by atoms with E-state index in [2.05, 4.69) is 57.0 Å². The van der Waals surface area contributed by atoms with E-state index < -0.39 is 0 Å². The normalized spacial score (nSPS) is 10.9. The standard InChI is InChI=1S/C13H28S4/c1-3-5-7-10-14-16-12-9-13-17-15-11-8-6-4-2/h3-13H2,1-2H3. The predicted octanol–water partition coefficient (Wildman–Crippen LogP) is 6.52. The van der Waals surface area contributed by atoms with Gasteiger partial charge in [-0.2, -0.15) is 0 Å². The Hall–Kier alpha value is 1.40. The summed E-state index contributed by atoms with van der Waals surface area (Å²) in [5.41, 5.74) is 0. The summed E-state index contributed by atoms with van der Waals surface area (Å²) in [6.45, 7) is 4.54. The zero-order chi connectivity index (χ0) is 12.6. The van der Waals surface area contributed by atoms with Crippen molar-refractivity contribution in [3.63, 3.8) is 0 Å². The average molecular weight is 313 g/mol. The van der Waals surface area contributed by atoms with Crippen molar-refractivity contribution >= 4 is 43.2 Å². The Balaban J connectivity index is 2.85. The Labute approximate surface area is 124 Å². The number of hydrogen-bond donors (Lipinski definition) is 0. The van der Waals surface area contributed by atoms with Crippen LogP contribution in [0.5, 0.6) is 0 Å². The van der Waals surface area contributed by atoms with Crippen LogP contribution in [-0.4, -0.2) is 23.0 Å². The van der Waals surface area contributed by atoms with Gasteiger partial charge in [0.2, 0.25) is 0 Å². The minimum absolute atomic E-state index is 1.33. The van der Waals surface area contributed by atoms with Crippen LogP contribution in [0.15, 0.2) is 0 Å². The van der Waals surface area contributed by atoms with E-state index in [-0.39, 0.29) is 0 Å². The van der Waals surface area contributed by atoms with Crippen LogP contribution < -0.4 is 0 Å². The minimum Gasteiger partial charge on any atom is -0.0942 e. The van der Waals surface area contributed by atoms with Crippen molar-refractivity contribution < 1.29 is 0 Å². The van der Waals surface area contributed by atoms with Crippen LogP contribution in [0.2, 0.25) is 0 Å². The highest BCUT2D eigenvalue weighted by molar-refractivity contribution is 8.77. The second kappa shape index (κ2) is 17.4. The molecule has 0 aliphatic heterocycles. The van der Waals surface area contributed by atoms with E-state index in [0.717, 1.165) is 0 Å². The Morgan fingerprint density at radius 1 is 0.471 bits per heavy atom. The van der Waals surface area contributed by atoms with Crippen molar-refractivity contribution in [2.24, 2.45) is 0 Å². The van der Waals surface area contributed by atoms with Gasteiger partial charge in [0.1, 0.15) is 0 Å². The molecule has 0 aromatic heterocycles. The van der Waals surface area contributed by atoms with Crippen LogP contribution in [0, 0.1) is 0 Å². The predicted molar refractivity (Wildman–Crippen MR) is 93.5 cm³/mol. The molecule has 0 atom stereocenters. The molecule has 0 saturated heterocycles. The molecule has 0 rings (SSSR count). The van der Waals surface area contributed by atoms with E-state index in [1.165, 1.54) is 68.0 Å². The molecule has 17 heavy (non-hydrogen) atoms. The summed E-state index contributed by atoms with van der Waals surface area (Å²) in [5.74, 6) is 5.35. The van der Waals surface area contributed by atoms with Gasteiger partial charge in [0.05, 0.1) is 0 Å². The molecule has 4 heteroatoms. The maximum absolute atomic E-state index is 2.27. The monoisotopic (exact) mass is 312 g/mol. The molecular formula is C13H28S4. The first kappa shape index (κ1) is 18.4. The van der Waals surface area contributed by atoms with E-state index in [1.54, 1.807) is 0 Å². The maximum Gasteiger partial charge on any atom is 0.00450 e. The molecule has 0 aromatic carbocycles. The van der Waals surface area contributed by atoms with Crippen molar-refractivity contribution in [2.75, 3.05) is 23.0 Å². The maximum atomic E-state index is 2.27. The summed E-state index contributed by atoms with van der Waals surface area (Å²) < 4.78 is 0. The highest BCUT2D eigenvalue weighted by Crippen LogP contribution is 2.27. The Bertz CT molecular complexity index is 117. The molecule has 0 amide bonds. The molecule has 0 fully saturated rings. The van der Waals surface area contributed by atoms with Gasteiger partial charge in [-0.15, -0.1) is 0 Å². The van der Waals surface area contributed by atoms with E-state index >= 15 is 0 Å². The third kappa shape index (κ3) is 17.4. The van der Waals surface area contributed by atoms with Gasteiger partial charge in [-0.3, -0.25) is 0 Å². The Morgan fingerprint density at radius 2 is 0.824 bits per heavy atom. The second-order valence-electron chi connectivity index (χ2n) is 4.06. The first-order chi connectivity index (χ1) is 8.41. The fraction of sp³-hybridized carbons (Fsp3) is 1.00. The summed E-state index contributed by atoms with van der Waals surface area (Å²) in [6.07, 6.45) is 9.66. The molecule has 104 valence electrons. The van der Waals surface area contributed by atoms with Gasteiger partial charge >= 0.3 is 0 Å². The van der Waals surface area contributed by atoms with Crippen molar-refractivity contribution in [3.05, 3.63) is 0 Å². The Kier molecular flexibility index (Phi) is 18.8. The highest BCUT2D eigenvalue weighted by atomic mass is 33.1. The summed E-state index contributed by atoms with van der Waals surface area (Å²) in [7, 11) is 8.28. The zero-order valence-electron chi connectivity index (χ0n) is 11.4. The van der Waals surface area contributed by atoms with Crippen LogP contribution >= 0.6 is 43.2 Å². The lowest BCUT2D eigenvalue weighted by molar-refractivity contribution is 0.779. The minimum atomic E-state index is 1.33. The summed E-state index contributed by atoms with van der Waals surface area (Å²) in [6, 6.07) is 0. The van der Waals surface area contributed by atoms with Crippen LogP contribution in [-0.2, 0) is 0 Å². The molecule has 0 nitrogen and oxygen atoms in total. The fourth-order valence-corrected chi connectivity index (χ4v) is 5.89. The first-order valence-corrected chi connectivity index (χ1v) is 11.9. The Morgan fingerprint density at radius 3 is 1.18 bits per heavy atom. The molecule has 0 aromatic rings.